The van der Waals surface area contributed by atoms with Gasteiger partial charge in [-0.1, -0.05) is 12.8 Å². The van der Waals surface area contributed by atoms with Crippen molar-refractivity contribution in [1.82, 2.24) is 4.31 Å². The van der Waals surface area contributed by atoms with E-state index in [9.17, 15) is 13.5 Å². The summed E-state index contributed by atoms with van der Waals surface area (Å²) in [5.74, 6) is 0. The number of hydrogen-bond acceptors (Lipinski definition) is 3. The summed E-state index contributed by atoms with van der Waals surface area (Å²) in [7, 11) is -1.63. The first-order valence-corrected chi connectivity index (χ1v) is 6.39. The van der Waals surface area contributed by atoms with E-state index in [1.807, 2.05) is 0 Å². The number of likely N-dealkylation sites (N-methyl/N-ethyl adjacent to an activating group) is 1. The van der Waals surface area contributed by atoms with Crippen LogP contribution in [0.4, 0.5) is 0 Å². The number of rotatable bonds is 2. The highest BCUT2D eigenvalue weighted by atomic mass is 32.2. The minimum absolute atomic E-state index is 0.219. The Kier molecular flexibility index (Phi) is 3.32. The highest BCUT2D eigenvalue weighted by molar-refractivity contribution is 7.88. The Balaban J connectivity index is 2.70. The molecule has 1 saturated carbocycles. The van der Waals surface area contributed by atoms with Crippen LogP contribution in [-0.4, -0.2) is 43.3 Å². The van der Waals surface area contributed by atoms with Gasteiger partial charge in [0.25, 0.3) is 0 Å². The first-order valence-electron chi connectivity index (χ1n) is 4.54. The van der Waals surface area contributed by atoms with E-state index in [1.54, 1.807) is 0 Å². The smallest absolute Gasteiger partial charge is 0.211 e. The SMILES string of the molecule is CN([C@@H]1CCCC[C@@H]1O)S(C)(=O)=O. The Morgan fingerprint density at radius 1 is 1.31 bits per heavy atom. The average Bonchev–Trinajstić information content (AvgIpc) is 2.02. The molecule has 1 fully saturated rings. The van der Waals surface area contributed by atoms with E-state index < -0.39 is 16.1 Å². The van der Waals surface area contributed by atoms with E-state index in [1.165, 1.54) is 17.6 Å². The summed E-state index contributed by atoms with van der Waals surface area (Å²) in [4.78, 5) is 0. The predicted molar refractivity (Wildman–Crippen MR) is 50.9 cm³/mol. The lowest BCUT2D eigenvalue weighted by molar-refractivity contribution is 0.0640. The Bertz CT molecular complexity index is 263. The molecule has 0 unspecified atom stereocenters. The second-order valence-corrected chi connectivity index (χ2v) is 5.74. The topological polar surface area (TPSA) is 57.6 Å². The summed E-state index contributed by atoms with van der Waals surface area (Å²) in [5, 5.41) is 9.60. The van der Waals surface area contributed by atoms with E-state index in [0.29, 0.717) is 6.42 Å². The van der Waals surface area contributed by atoms with Crippen LogP contribution in [-0.2, 0) is 10.0 Å². The number of sulfonamides is 1. The molecule has 0 spiro atoms. The van der Waals surface area contributed by atoms with Crippen LogP contribution in [0.3, 0.4) is 0 Å². The zero-order chi connectivity index (χ0) is 10.1. The Labute approximate surface area is 79.6 Å². The molecule has 5 heteroatoms. The number of aliphatic hydroxyl groups excluding tert-OH is 1. The summed E-state index contributed by atoms with van der Waals surface area (Å²) in [6.45, 7) is 0. The monoisotopic (exact) mass is 207 g/mol. The highest BCUT2D eigenvalue weighted by Gasteiger charge is 2.30. The van der Waals surface area contributed by atoms with Crippen LogP contribution in [0.25, 0.3) is 0 Å². The number of hydrogen-bond donors (Lipinski definition) is 1. The second-order valence-electron chi connectivity index (χ2n) is 3.70. The van der Waals surface area contributed by atoms with E-state index in [4.69, 9.17) is 0 Å². The molecule has 0 radical (unpaired) electrons. The molecule has 78 valence electrons. The highest BCUT2D eigenvalue weighted by Crippen LogP contribution is 2.23. The normalized spacial score (nSPS) is 30.8. The van der Waals surface area contributed by atoms with E-state index in [-0.39, 0.29) is 6.04 Å². The molecule has 1 N–H and O–H groups in total. The molecule has 13 heavy (non-hydrogen) atoms. The standard InChI is InChI=1S/C8H17NO3S/c1-9(13(2,11)12)7-5-3-4-6-8(7)10/h7-8,10H,3-6H2,1-2H3/t7-,8+/m1/s1. The molecule has 0 heterocycles. The summed E-state index contributed by atoms with van der Waals surface area (Å²) in [5.41, 5.74) is 0. The minimum Gasteiger partial charge on any atom is -0.391 e. The maximum Gasteiger partial charge on any atom is 0.211 e. The number of nitrogens with zero attached hydrogens (tertiary/aromatic N) is 1. The third-order valence-electron chi connectivity index (χ3n) is 2.68. The van der Waals surface area contributed by atoms with Gasteiger partial charge in [0.15, 0.2) is 0 Å². The first kappa shape index (κ1) is 10.9. The zero-order valence-electron chi connectivity index (χ0n) is 8.10. The van der Waals surface area contributed by atoms with Gasteiger partial charge >= 0.3 is 0 Å². The Morgan fingerprint density at radius 2 is 1.85 bits per heavy atom. The maximum atomic E-state index is 11.2. The molecular formula is C8H17NO3S. The van der Waals surface area contributed by atoms with Crippen LogP contribution in [0.2, 0.25) is 0 Å². The quantitative estimate of drug-likeness (QED) is 0.703. The van der Waals surface area contributed by atoms with Crippen molar-refractivity contribution in [2.45, 2.75) is 37.8 Å². The molecule has 0 aromatic rings. The van der Waals surface area contributed by atoms with Gasteiger partial charge in [-0.3, -0.25) is 0 Å². The molecule has 0 bridgehead atoms. The van der Waals surface area contributed by atoms with E-state index in [0.717, 1.165) is 19.3 Å². The fourth-order valence-corrected chi connectivity index (χ4v) is 2.50. The Hall–Kier alpha value is -0.130. The molecule has 1 rings (SSSR count). The van der Waals surface area contributed by atoms with Gasteiger partial charge < -0.3 is 5.11 Å². The van der Waals surface area contributed by atoms with Crippen LogP contribution < -0.4 is 0 Å². The lowest BCUT2D eigenvalue weighted by Crippen LogP contribution is -2.45. The van der Waals surface area contributed by atoms with Crippen molar-refractivity contribution in [2.75, 3.05) is 13.3 Å². The molecule has 0 aromatic heterocycles. The van der Waals surface area contributed by atoms with Gasteiger partial charge in [0, 0.05) is 7.05 Å². The molecule has 0 aromatic carbocycles. The van der Waals surface area contributed by atoms with Crippen molar-refractivity contribution in [3.8, 4) is 0 Å². The lowest BCUT2D eigenvalue weighted by atomic mass is 9.93. The summed E-state index contributed by atoms with van der Waals surface area (Å²) in [6.07, 6.45) is 4.16. The fourth-order valence-electron chi connectivity index (χ4n) is 1.76. The van der Waals surface area contributed by atoms with Gasteiger partial charge in [-0.2, -0.15) is 4.31 Å². The molecule has 4 nitrogen and oxygen atoms in total. The third kappa shape index (κ3) is 2.65. The van der Waals surface area contributed by atoms with Crippen molar-refractivity contribution >= 4 is 10.0 Å². The van der Waals surface area contributed by atoms with Gasteiger partial charge in [-0.15, -0.1) is 0 Å². The van der Waals surface area contributed by atoms with Gasteiger partial charge in [0.05, 0.1) is 18.4 Å². The molecular weight excluding hydrogens is 190 g/mol. The van der Waals surface area contributed by atoms with Crippen molar-refractivity contribution < 1.29 is 13.5 Å². The van der Waals surface area contributed by atoms with Crippen LogP contribution >= 0.6 is 0 Å². The average molecular weight is 207 g/mol. The van der Waals surface area contributed by atoms with Crippen LogP contribution in [0.5, 0.6) is 0 Å². The number of aliphatic hydroxyl groups is 1. The summed E-state index contributed by atoms with van der Waals surface area (Å²) < 4.78 is 23.7. The van der Waals surface area contributed by atoms with Gasteiger partial charge in [0.1, 0.15) is 0 Å². The maximum absolute atomic E-state index is 11.2. The third-order valence-corrected chi connectivity index (χ3v) is 4.00. The molecule has 2 atom stereocenters. The van der Waals surface area contributed by atoms with Gasteiger partial charge in [-0.05, 0) is 12.8 Å². The second kappa shape index (κ2) is 3.94. The van der Waals surface area contributed by atoms with Gasteiger partial charge in [0.2, 0.25) is 10.0 Å². The Morgan fingerprint density at radius 3 is 2.31 bits per heavy atom. The molecule has 0 aliphatic heterocycles. The molecule has 1 aliphatic carbocycles. The summed E-state index contributed by atoms with van der Waals surface area (Å²) in [6, 6.07) is -0.219. The fraction of sp³-hybridized carbons (Fsp3) is 1.00. The van der Waals surface area contributed by atoms with Crippen molar-refractivity contribution in [2.24, 2.45) is 0 Å². The zero-order valence-corrected chi connectivity index (χ0v) is 8.92. The van der Waals surface area contributed by atoms with E-state index >= 15 is 0 Å². The van der Waals surface area contributed by atoms with Crippen LogP contribution in [0.15, 0.2) is 0 Å². The van der Waals surface area contributed by atoms with E-state index in [2.05, 4.69) is 0 Å². The lowest BCUT2D eigenvalue weighted by Gasteiger charge is -2.33. The molecule has 0 amide bonds. The van der Waals surface area contributed by atoms with Crippen molar-refractivity contribution in [1.29, 1.82) is 0 Å². The molecule has 1 aliphatic rings. The largest absolute Gasteiger partial charge is 0.391 e. The van der Waals surface area contributed by atoms with Crippen LogP contribution in [0, 0.1) is 0 Å². The predicted octanol–water partition coefficient (Wildman–Crippen LogP) is 0.181. The summed E-state index contributed by atoms with van der Waals surface area (Å²) >= 11 is 0. The molecule has 0 saturated heterocycles. The van der Waals surface area contributed by atoms with Crippen molar-refractivity contribution in [3.05, 3.63) is 0 Å². The van der Waals surface area contributed by atoms with Crippen LogP contribution in [0.1, 0.15) is 25.7 Å². The minimum atomic E-state index is -3.16. The van der Waals surface area contributed by atoms with Gasteiger partial charge in [-0.25, -0.2) is 8.42 Å². The first-order chi connectivity index (χ1) is 5.93. The van der Waals surface area contributed by atoms with Crippen molar-refractivity contribution in [3.63, 3.8) is 0 Å².